The van der Waals surface area contributed by atoms with Crippen LogP contribution >= 0.6 is 0 Å². The van der Waals surface area contributed by atoms with E-state index in [1.54, 1.807) is 30.3 Å². The molecule has 0 aliphatic heterocycles. The topological polar surface area (TPSA) is 70.0 Å². The van der Waals surface area contributed by atoms with Crippen LogP contribution in [-0.4, -0.2) is 49.8 Å². The van der Waals surface area contributed by atoms with E-state index in [2.05, 4.69) is 6.92 Å². The lowest BCUT2D eigenvalue weighted by molar-refractivity contribution is 0.0794. The highest BCUT2D eigenvalue weighted by molar-refractivity contribution is 6.07. The van der Waals surface area contributed by atoms with Crippen molar-refractivity contribution in [3.05, 3.63) is 58.5 Å². The molecule has 34 heavy (non-hydrogen) atoms. The second-order valence-electron chi connectivity index (χ2n) is 8.18. The summed E-state index contributed by atoms with van der Waals surface area (Å²) in [4.78, 5) is 28.8. The molecule has 0 saturated heterocycles. The van der Waals surface area contributed by atoms with Crippen LogP contribution in [-0.2, 0) is 0 Å². The molecule has 2 aromatic carbocycles. The van der Waals surface area contributed by atoms with Crippen molar-refractivity contribution in [2.75, 3.05) is 34.4 Å². The second kappa shape index (κ2) is 11.6. The summed E-state index contributed by atoms with van der Waals surface area (Å²) in [7, 11) is 4.85. The lowest BCUT2D eigenvalue weighted by Crippen LogP contribution is -2.30. The number of ether oxygens (including phenoxy) is 3. The summed E-state index contributed by atoms with van der Waals surface area (Å²) >= 11 is 0. The molecule has 0 fully saturated rings. The van der Waals surface area contributed by atoms with E-state index < -0.39 is 0 Å². The molecule has 1 amide bonds. The van der Waals surface area contributed by atoms with Gasteiger partial charge in [-0.05, 0) is 49.7 Å². The average molecular weight is 467 g/mol. The van der Waals surface area contributed by atoms with Crippen molar-refractivity contribution in [1.82, 2.24) is 9.47 Å². The summed E-state index contributed by atoms with van der Waals surface area (Å²) in [5.41, 5.74) is 0.828. The highest BCUT2D eigenvalue weighted by Gasteiger charge is 2.21. The molecule has 0 atom stereocenters. The smallest absolute Gasteiger partial charge is 0.263 e. The zero-order valence-corrected chi connectivity index (χ0v) is 20.7. The summed E-state index contributed by atoms with van der Waals surface area (Å²) in [5.74, 6) is 1.47. The molecule has 3 aromatic rings. The Balaban J connectivity index is 2.15. The van der Waals surface area contributed by atoms with E-state index >= 15 is 0 Å². The molecule has 0 N–H and O–H groups in total. The third-order valence-corrected chi connectivity index (χ3v) is 5.87. The van der Waals surface area contributed by atoms with Crippen molar-refractivity contribution in [1.29, 1.82) is 0 Å². The first kappa shape index (κ1) is 25.1. The zero-order chi connectivity index (χ0) is 24.7. The van der Waals surface area contributed by atoms with Crippen LogP contribution in [0.2, 0.25) is 0 Å². The summed E-state index contributed by atoms with van der Waals surface area (Å²) in [6.07, 6.45) is 5.91. The molecule has 3 rings (SSSR count). The molecule has 7 nitrogen and oxygen atoms in total. The average Bonchev–Trinajstić information content (AvgIpc) is 2.86. The Hall–Kier alpha value is -3.48. The summed E-state index contributed by atoms with van der Waals surface area (Å²) in [6, 6.07) is 10.6. The van der Waals surface area contributed by atoms with Crippen LogP contribution in [0.4, 0.5) is 0 Å². The first-order chi connectivity index (χ1) is 16.4. The van der Waals surface area contributed by atoms with Crippen LogP contribution in [0.3, 0.4) is 0 Å². The van der Waals surface area contributed by atoms with Gasteiger partial charge < -0.3 is 19.1 Å². The number of unbranched alkanes of at least 4 members (excludes halogenated alkanes) is 3. The van der Waals surface area contributed by atoms with Gasteiger partial charge in [0, 0.05) is 30.9 Å². The number of carbonyl (C=O) groups excluding carboxylic acids is 1. The van der Waals surface area contributed by atoms with Gasteiger partial charge in [-0.15, -0.1) is 0 Å². The molecule has 0 saturated carbocycles. The monoisotopic (exact) mass is 466 g/mol. The van der Waals surface area contributed by atoms with Gasteiger partial charge in [0.25, 0.3) is 11.5 Å². The second-order valence-corrected chi connectivity index (χ2v) is 8.18. The van der Waals surface area contributed by atoms with Crippen molar-refractivity contribution in [3.8, 4) is 22.9 Å². The molecule has 1 aromatic heterocycles. The molecule has 0 radical (unpaired) electrons. The van der Waals surface area contributed by atoms with Crippen LogP contribution < -0.4 is 19.8 Å². The number of rotatable bonds is 11. The fraction of sp³-hybridized carbons (Fsp3) is 0.407. The van der Waals surface area contributed by atoms with Gasteiger partial charge in [-0.1, -0.05) is 26.2 Å². The third kappa shape index (κ3) is 5.35. The van der Waals surface area contributed by atoms with Gasteiger partial charge in [-0.25, -0.2) is 0 Å². The van der Waals surface area contributed by atoms with E-state index in [1.165, 1.54) is 18.8 Å². The van der Waals surface area contributed by atoms with Crippen LogP contribution in [0.15, 0.2) is 47.4 Å². The Bertz CT molecular complexity index is 1180. The number of hydrogen-bond acceptors (Lipinski definition) is 5. The van der Waals surface area contributed by atoms with Crippen molar-refractivity contribution in [2.45, 2.75) is 39.5 Å². The van der Waals surface area contributed by atoms with Crippen molar-refractivity contribution >= 4 is 16.7 Å². The first-order valence-electron chi connectivity index (χ1n) is 11.7. The molecule has 1 heterocycles. The fourth-order valence-electron chi connectivity index (χ4n) is 3.98. The van der Waals surface area contributed by atoms with E-state index in [4.69, 9.17) is 14.2 Å². The number of hydrogen-bond donors (Lipinski definition) is 0. The number of carbonyl (C=O) groups is 1. The minimum atomic E-state index is -0.248. The number of fused-ring (bicyclic) bond motifs is 1. The van der Waals surface area contributed by atoms with E-state index in [9.17, 15) is 9.59 Å². The Labute approximate surface area is 200 Å². The van der Waals surface area contributed by atoms with Gasteiger partial charge >= 0.3 is 0 Å². The molecular formula is C27H34N2O5. The number of nitrogens with zero attached hydrogens (tertiary/aromatic N) is 2. The molecule has 7 heteroatoms. The molecular weight excluding hydrogens is 432 g/mol. The number of aromatic nitrogens is 1. The predicted octanol–water partition coefficient (Wildman–Crippen LogP) is 5.06. The van der Waals surface area contributed by atoms with Gasteiger partial charge in [-0.3, -0.25) is 14.2 Å². The molecule has 182 valence electrons. The quantitative estimate of drug-likeness (QED) is 0.370. The Morgan fingerprint density at radius 3 is 2.18 bits per heavy atom. The number of methoxy groups -OCH3 is 2. The van der Waals surface area contributed by atoms with Crippen LogP contribution in [0.25, 0.3) is 16.5 Å². The summed E-state index contributed by atoms with van der Waals surface area (Å²) < 4.78 is 17.9. The van der Waals surface area contributed by atoms with Gasteiger partial charge in [0.1, 0.15) is 5.75 Å². The highest BCUT2D eigenvalue weighted by Crippen LogP contribution is 2.33. The van der Waals surface area contributed by atoms with Gasteiger partial charge in [0.2, 0.25) is 0 Å². The maximum atomic E-state index is 13.5. The predicted molar refractivity (Wildman–Crippen MR) is 135 cm³/mol. The lowest BCUT2D eigenvalue weighted by Gasteiger charge is -2.20. The molecule has 0 aliphatic rings. The Kier molecular flexibility index (Phi) is 8.57. The van der Waals surface area contributed by atoms with Gasteiger partial charge in [0.05, 0.1) is 31.8 Å². The number of amides is 1. The molecule has 0 spiro atoms. The van der Waals surface area contributed by atoms with E-state index in [-0.39, 0.29) is 11.5 Å². The largest absolute Gasteiger partial charge is 0.494 e. The van der Waals surface area contributed by atoms with Crippen LogP contribution in [0.1, 0.15) is 49.9 Å². The van der Waals surface area contributed by atoms with Crippen LogP contribution in [0.5, 0.6) is 17.2 Å². The highest BCUT2D eigenvalue weighted by atomic mass is 16.5. The third-order valence-electron chi connectivity index (χ3n) is 5.87. The van der Waals surface area contributed by atoms with E-state index in [0.717, 1.165) is 31.4 Å². The maximum Gasteiger partial charge on any atom is 0.263 e. The van der Waals surface area contributed by atoms with Crippen molar-refractivity contribution in [2.24, 2.45) is 0 Å². The molecule has 0 bridgehead atoms. The lowest BCUT2D eigenvalue weighted by atomic mass is 10.0. The first-order valence-corrected chi connectivity index (χ1v) is 11.7. The Morgan fingerprint density at radius 1 is 0.941 bits per heavy atom. The summed E-state index contributed by atoms with van der Waals surface area (Å²) in [5, 5.41) is 0.923. The standard InChI is InChI=1S/C27H34N2O5/c1-6-8-9-10-15-28(3)26(30)23-18-29(19-11-13-20(14-12-19)34-7-2)27(31)22-17-25(33-5)24(32-4)16-21(22)23/h11-14,16-18H,6-10,15H2,1-5H3. The number of benzene rings is 2. The fourth-order valence-corrected chi connectivity index (χ4v) is 3.98. The minimum Gasteiger partial charge on any atom is -0.494 e. The van der Waals surface area contributed by atoms with Crippen LogP contribution in [0, 0.1) is 0 Å². The van der Waals surface area contributed by atoms with E-state index in [1.807, 2.05) is 31.2 Å². The van der Waals surface area contributed by atoms with Crippen molar-refractivity contribution < 1.29 is 19.0 Å². The number of pyridine rings is 1. The minimum absolute atomic E-state index is 0.145. The van der Waals surface area contributed by atoms with Gasteiger partial charge in [-0.2, -0.15) is 0 Å². The van der Waals surface area contributed by atoms with Crippen molar-refractivity contribution in [3.63, 3.8) is 0 Å². The van der Waals surface area contributed by atoms with E-state index in [0.29, 0.717) is 46.7 Å². The normalized spacial score (nSPS) is 10.9. The summed E-state index contributed by atoms with van der Waals surface area (Å²) in [6.45, 7) is 5.28. The zero-order valence-electron chi connectivity index (χ0n) is 20.7. The Morgan fingerprint density at radius 2 is 1.59 bits per heavy atom. The van der Waals surface area contributed by atoms with Gasteiger partial charge in [0.15, 0.2) is 11.5 Å². The maximum absolute atomic E-state index is 13.5. The molecule has 0 aliphatic carbocycles. The molecule has 0 unspecified atom stereocenters. The SMILES string of the molecule is CCCCCCN(C)C(=O)c1cn(-c2ccc(OCC)cc2)c(=O)c2cc(OC)c(OC)cc12.